The van der Waals surface area contributed by atoms with Crippen molar-refractivity contribution >= 4 is 23.5 Å². The van der Waals surface area contributed by atoms with Crippen LogP contribution in [0.1, 0.15) is 13.3 Å². The fourth-order valence-corrected chi connectivity index (χ4v) is 1.83. The number of rotatable bonds is 3. The van der Waals surface area contributed by atoms with Gasteiger partial charge in [-0.15, -0.1) is 0 Å². The van der Waals surface area contributed by atoms with E-state index in [0.29, 0.717) is 11.8 Å². The zero-order chi connectivity index (χ0) is 7.49. The smallest absolute Gasteiger partial charge is 0.324 e. The van der Waals surface area contributed by atoms with Crippen LogP contribution in [-0.4, -0.2) is 20.8 Å². The lowest BCUT2D eigenvalue weighted by Gasteiger charge is -2.10. The minimum absolute atomic E-state index is 0.517. The van der Waals surface area contributed by atoms with Gasteiger partial charge < -0.3 is 9.79 Å². The van der Waals surface area contributed by atoms with Crippen LogP contribution < -0.4 is 0 Å². The first-order valence-electron chi connectivity index (χ1n) is 2.59. The van der Waals surface area contributed by atoms with Gasteiger partial charge in [-0.3, -0.25) is 4.57 Å². The van der Waals surface area contributed by atoms with Crippen molar-refractivity contribution in [2.24, 2.45) is 0 Å². The molecule has 1 atom stereocenters. The summed E-state index contributed by atoms with van der Waals surface area (Å²) in [6.45, 7) is 1.54. The molecular formula is C4H10BrO3P. The zero-order valence-electron chi connectivity index (χ0n) is 5.12. The van der Waals surface area contributed by atoms with Gasteiger partial charge in [-0.1, -0.05) is 22.9 Å². The highest BCUT2D eigenvalue weighted by Gasteiger charge is 2.22. The van der Waals surface area contributed by atoms with Crippen molar-refractivity contribution in [1.29, 1.82) is 0 Å². The van der Waals surface area contributed by atoms with Gasteiger partial charge in [0, 0.05) is 5.33 Å². The minimum Gasteiger partial charge on any atom is -0.324 e. The lowest BCUT2D eigenvalue weighted by Crippen LogP contribution is -2.02. The van der Waals surface area contributed by atoms with Crippen molar-refractivity contribution < 1.29 is 14.4 Å². The molecule has 9 heavy (non-hydrogen) atoms. The molecule has 0 bridgehead atoms. The average molecular weight is 217 g/mol. The summed E-state index contributed by atoms with van der Waals surface area (Å²) in [7, 11) is -3.80. The molecule has 0 saturated carbocycles. The van der Waals surface area contributed by atoms with Crippen LogP contribution in [0.4, 0.5) is 0 Å². The Morgan fingerprint density at radius 1 is 1.67 bits per heavy atom. The zero-order valence-corrected chi connectivity index (χ0v) is 7.60. The Morgan fingerprint density at radius 3 is 2.22 bits per heavy atom. The van der Waals surface area contributed by atoms with Crippen molar-refractivity contribution in [3.8, 4) is 0 Å². The summed E-state index contributed by atoms with van der Waals surface area (Å²) < 4.78 is 10.4. The van der Waals surface area contributed by atoms with E-state index in [1.54, 1.807) is 6.92 Å². The van der Waals surface area contributed by atoms with Crippen LogP contribution in [0.2, 0.25) is 0 Å². The van der Waals surface area contributed by atoms with Gasteiger partial charge >= 0.3 is 7.60 Å². The van der Waals surface area contributed by atoms with E-state index in [-0.39, 0.29) is 0 Å². The SMILES string of the molecule is CC(CCBr)P(=O)(O)O. The van der Waals surface area contributed by atoms with Crippen LogP contribution in [0.5, 0.6) is 0 Å². The summed E-state index contributed by atoms with van der Waals surface area (Å²) in [5.74, 6) is 0. The molecule has 0 rings (SSSR count). The second kappa shape index (κ2) is 3.71. The third-order valence-corrected chi connectivity index (χ3v) is 2.97. The van der Waals surface area contributed by atoms with Crippen LogP contribution in [0, 0.1) is 0 Å². The van der Waals surface area contributed by atoms with Crippen molar-refractivity contribution in [2.75, 3.05) is 5.33 Å². The topological polar surface area (TPSA) is 57.5 Å². The molecule has 0 aliphatic carbocycles. The predicted octanol–water partition coefficient (Wildman–Crippen LogP) is 1.34. The van der Waals surface area contributed by atoms with Crippen LogP contribution in [0.3, 0.4) is 0 Å². The Labute approximate surface area is 62.8 Å². The van der Waals surface area contributed by atoms with E-state index < -0.39 is 13.3 Å². The molecule has 0 spiro atoms. The van der Waals surface area contributed by atoms with Gasteiger partial charge in [0.15, 0.2) is 0 Å². The van der Waals surface area contributed by atoms with Crippen LogP contribution in [0.15, 0.2) is 0 Å². The molecule has 0 aromatic heterocycles. The van der Waals surface area contributed by atoms with Gasteiger partial charge in [0.25, 0.3) is 0 Å². The molecule has 0 aliphatic heterocycles. The maximum Gasteiger partial charge on any atom is 0.328 e. The van der Waals surface area contributed by atoms with Gasteiger partial charge in [0.2, 0.25) is 0 Å². The lowest BCUT2D eigenvalue weighted by molar-refractivity contribution is 0.359. The number of alkyl halides is 1. The monoisotopic (exact) mass is 216 g/mol. The third kappa shape index (κ3) is 4.09. The van der Waals surface area contributed by atoms with Crippen molar-refractivity contribution in [3.63, 3.8) is 0 Å². The second-order valence-corrected chi connectivity index (χ2v) is 4.77. The molecule has 0 heterocycles. The van der Waals surface area contributed by atoms with E-state index in [2.05, 4.69) is 15.9 Å². The van der Waals surface area contributed by atoms with E-state index >= 15 is 0 Å². The van der Waals surface area contributed by atoms with Gasteiger partial charge in [0.05, 0.1) is 5.66 Å². The van der Waals surface area contributed by atoms with E-state index in [4.69, 9.17) is 9.79 Å². The summed E-state index contributed by atoms with van der Waals surface area (Å²) in [5, 5.41) is 0.638. The minimum atomic E-state index is -3.80. The van der Waals surface area contributed by atoms with Gasteiger partial charge in [-0.05, 0) is 6.42 Å². The van der Waals surface area contributed by atoms with Crippen molar-refractivity contribution in [1.82, 2.24) is 0 Å². The third-order valence-electron chi connectivity index (χ3n) is 1.10. The number of halogens is 1. The summed E-state index contributed by atoms with van der Waals surface area (Å²) >= 11 is 3.10. The molecular weight excluding hydrogens is 207 g/mol. The Balaban J connectivity index is 3.74. The number of hydrogen-bond donors (Lipinski definition) is 2. The fourth-order valence-electron chi connectivity index (χ4n) is 0.326. The molecule has 0 amide bonds. The van der Waals surface area contributed by atoms with Gasteiger partial charge in [-0.2, -0.15) is 0 Å². The first kappa shape index (κ1) is 9.63. The first-order valence-corrected chi connectivity index (χ1v) is 5.40. The molecule has 56 valence electrons. The highest BCUT2D eigenvalue weighted by atomic mass is 79.9. The second-order valence-electron chi connectivity index (χ2n) is 1.92. The Bertz CT molecular complexity index is 121. The van der Waals surface area contributed by atoms with Crippen LogP contribution in [0.25, 0.3) is 0 Å². The maximum absolute atomic E-state index is 10.4. The Kier molecular flexibility index (Phi) is 3.97. The molecule has 2 N–H and O–H groups in total. The van der Waals surface area contributed by atoms with E-state index in [0.717, 1.165) is 0 Å². The summed E-state index contributed by atoms with van der Waals surface area (Å²) in [4.78, 5) is 17.0. The quantitative estimate of drug-likeness (QED) is 0.553. The standard InChI is InChI=1S/C4H10BrO3P/c1-4(2-3-5)9(6,7)8/h4H,2-3H2,1H3,(H2,6,7,8). The maximum atomic E-state index is 10.4. The van der Waals surface area contributed by atoms with E-state index in [1.807, 2.05) is 0 Å². The fraction of sp³-hybridized carbons (Fsp3) is 1.00. The molecule has 0 aromatic carbocycles. The van der Waals surface area contributed by atoms with Crippen molar-refractivity contribution in [3.05, 3.63) is 0 Å². The van der Waals surface area contributed by atoms with Crippen molar-refractivity contribution in [2.45, 2.75) is 19.0 Å². The molecule has 0 fully saturated rings. The largest absolute Gasteiger partial charge is 0.328 e. The predicted molar refractivity (Wildman–Crippen MR) is 39.9 cm³/mol. The normalized spacial score (nSPS) is 15.6. The molecule has 0 saturated heterocycles. The van der Waals surface area contributed by atoms with Gasteiger partial charge in [-0.25, -0.2) is 0 Å². The summed E-state index contributed by atoms with van der Waals surface area (Å²) in [5.41, 5.74) is -0.517. The summed E-state index contributed by atoms with van der Waals surface area (Å²) in [6.07, 6.45) is 0.518. The molecule has 0 aromatic rings. The molecule has 0 aliphatic rings. The highest BCUT2D eigenvalue weighted by molar-refractivity contribution is 9.09. The lowest BCUT2D eigenvalue weighted by atomic mass is 10.4. The molecule has 3 nitrogen and oxygen atoms in total. The molecule has 1 unspecified atom stereocenters. The Hall–Kier alpha value is 0.630. The van der Waals surface area contributed by atoms with Crippen LogP contribution >= 0.6 is 23.5 Å². The van der Waals surface area contributed by atoms with Gasteiger partial charge in [0.1, 0.15) is 0 Å². The van der Waals surface area contributed by atoms with Crippen LogP contribution in [-0.2, 0) is 4.57 Å². The Morgan fingerprint density at radius 2 is 2.11 bits per heavy atom. The summed E-state index contributed by atoms with van der Waals surface area (Å²) in [6, 6.07) is 0. The van der Waals surface area contributed by atoms with E-state index in [1.165, 1.54) is 0 Å². The number of hydrogen-bond acceptors (Lipinski definition) is 1. The molecule has 5 heteroatoms. The highest BCUT2D eigenvalue weighted by Crippen LogP contribution is 2.42. The first-order chi connectivity index (χ1) is 3.98. The van der Waals surface area contributed by atoms with E-state index in [9.17, 15) is 4.57 Å². The molecule has 0 radical (unpaired) electrons. The average Bonchev–Trinajstić information content (AvgIpc) is 1.64.